The van der Waals surface area contributed by atoms with Crippen molar-refractivity contribution in [1.29, 1.82) is 0 Å². The molecular weight excluding hydrogens is 311 g/mol. The van der Waals surface area contributed by atoms with E-state index in [0.29, 0.717) is 16.3 Å². The second kappa shape index (κ2) is 6.50. The summed E-state index contributed by atoms with van der Waals surface area (Å²) in [4.78, 5) is 14.0. The molecule has 2 rings (SSSR count). The molecule has 1 aromatic carbocycles. The van der Waals surface area contributed by atoms with Gasteiger partial charge in [-0.3, -0.25) is 4.79 Å². The second-order valence-electron chi connectivity index (χ2n) is 4.93. The first kappa shape index (κ1) is 15.9. The fourth-order valence-corrected chi connectivity index (χ4v) is 2.38. The Bertz CT molecular complexity index is 618. The largest absolute Gasteiger partial charge is 0.344 e. The van der Waals surface area contributed by atoms with Crippen molar-refractivity contribution in [2.24, 2.45) is 0 Å². The second-order valence-corrected chi connectivity index (χ2v) is 5.71. The molecule has 1 heterocycles. The summed E-state index contributed by atoms with van der Waals surface area (Å²) in [6.45, 7) is 3.73. The molecule has 1 atom stereocenters. The summed E-state index contributed by atoms with van der Waals surface area (Å²) in [6, 6.07) is 7.39. The van der Waals surface area contributed by atoms with Gasteiger partial charge in [-0.15, -0.1) is 0 Å². The zero-order chi connectivity index (χ0) is 15.6. The number of nitrogens with zero attached hydrogens (tertiary/aromatic N) is 2. The lowest BCUT2D eigenvalue weighted by Crippen LogP contribution is -2.31. The number of hydrogen-bond donors (Lipinski definition) is 0. The van der Waals surface area contributed by atoms with Crippen LogP contribution >= 0.6 is 23.2 Å². The van der Waals surface area contributed by atoms with Gasteiger partial charge in [-0.2, -0.15) is 0 Å². The average molecular weight is 327 g/mol. The highest BCUT2D eigenvalue weighted by Gasteiger charge is 2.21. The van der Waals surface area contributed by atoms with Crippen LogP contribution in [0.15, 0.2) is 28.8 Å². The third-order valence-electron chi connectivity index (χ3n) is 3.59. The lowest BCUT2D eigenvalue weighted by atomic mass is 10.1. The van der Waals surface area contributed by atoms with Gasteiger partial charge in [0.05, 0.1) is 18.2 Å². The predicted octanol–water partition coefficient (Wildman–Crippen LogP) is 4.05. The van der Waals surface area contributed by atoms with Gasteiger partial charge < -0.3 is 9.42 Å². The van der Waals surface area contributed by atoms with Gasteiger partial charge in [-0.25, -0.2) is 0 Å². The van der Waals surface area contributed by atoms with Gasteiger partial charge in [-0.1, -0.05) is 28.9 Å². The smallest absolute Gasteiger partial charge is 0.229 e. The van der Waals surface area contributed by atoms with Gasteiger partial charge >= 0.3 is 0 Å². The molecule has 0 radical (unpaired) electrons. The van der Waals surface area contributed by atoms with Crippen LogP contribution in [0.25, 0.3) is 0 Å². The molecule has 0 bridgehead atoms. The third-order valence-corrected chi connectivity index (χ3v) is 4.14. The lowest BCUT2D eigenvalue weighted by molar-refractivity contribution is -0.131. The lowest BCUT2D eigenvalue weighted by Gasteiger charge is -2.25. The Morgan fingerprint density at radius 1 is 1.33 bits per heavy atom. The Hall–Kier alpha value is -1.52. The van der Waals surface area contributed by atoms with Crippen molar-refractivity contribution in [3.8, 4) is 0 Å². The summed E-state index contributed by atoms with van der Waals surface area (Å²) >= 11 is 11.8. The minimum atomic E-state index is -0.0614. The van der Waals surface area contributed by atoms with Crippen LogP contribution in [-0.4, -0.2) is 23.0 Å². The molecule has 21 heavy (non-hydrogen) atoms. The highest BCUT2D eigenvalue weighted by molar-refractivity contribution is 6.30. The summed E-state index contributed by atoms with van der Waals surface area (Å²) in [5.41, 5.74) is 2.29. The van der Waals surface area contributed by atoms with E-state index < -0.39 is 0 Å². The summed E-state index contributed by atoms with van der Waals surface area (Å²) in [5.74, 6) is -0.0503. The minimum Gasteiger partial charge on any atom is -0.344 e. The molecule has 4 nitrogen and oxygen atoms in total. The SMILES string of the molecule is Cc1noc(Cl)c1CC(=O)N(C)C(C)c1ccc(Cl)cc1. The summed E-state index contributed by atoms with van der Waals surface area (Å²) in [5, 5.41) is 4.60. The number of halogens is 2. The van der Waals surface area contributed by atoms with Crippen LogP contribution in [0.2, 0.25) is 10.2 Å². The molecule has 0 aliphatic rings. The minimum absolute atomic E-state index is 0.0503. The number of carbonyl (C=O) groups excluding carboxylic acids is 1. The molecule has 0 saturated heterocycles. The predicted molar refractivity (Wildman–Crippen MR) is 82.6 cm³/mol. The Labute approximate surface area is 133 Å². The molecule has 0 N–H and O–H groups in total. The number of carbonyl (C=O) groups is 1. The maximum Gasteiger partial charge on any atom is 0.229 e. The van der Waals surface area contributed by atoms with Crippen LogP contribution in [-0.2, 0) is 11.2 Å². The molecular formula is C15H16Cl2N2O2. The Morgan fingerprint density at radius 2 is 1.95 bits per heavy atom. The van der Waals surface area contributed by atoms with Crippen molar-refractivity contribution in [3.05, 3.63) is 51.3 Å². The summed E-state index contributed by atoms with van der Waals surface area (Å²) in [6.07, 6.45) is 0.169. The van der Waals surface area contributed by atoms with Gasteiger partial charge in [0.25, 0.3) is 0 Å². The Morgan fingerprint density at radius 3 is 2.48 bits per heavy atom. The van der Waals surface area contributed by atoms with Gasteiger partial charge in [-0.05, 0) is 43.1 Å². The first-order valence-corrected chi connectivity index (χ1v) is 7.27. The van der Waals surface area contributed by atoms with E-state index in [1.807, 2.05) is 31.2 Å². The van der Waals surface area contributed by atoms with Crippen LogP contribution in [0.4, 0.5) is 0 Å². The zero-order valence-corrected chi connectivity index (χ0v) is 13.6. The van der Waals surface area contributed by atoms with Crippen LogP contribution in [0.3, 0.4) is 0 Å². The molecule has 0 aliphatic heterocycles. The van der Waals surface area contributed by atoms with Crippen molar-refractivity contribution in [2.75, 3.05) is 7.05 Å². The molecule has 0 spiro atoms. The van der Waals surface area contributed by atoms with E-state index in [-0.39, 0.29) is 23.6 Å². The third kappa shape index (κ3) is 3.57. The maximum absolute atomic E-state index is 12.4. The van der Waals surface area contributed by atoms with Crippen LogP contribution < -0.4 is 0 Å². The number of rotatable bonds is 4. The molecule has 0 fully saturated rings. The summed E-state index contributed by atoms with van der Waals surface area (Å²) < 4.78 is 4.86. The number of aryl methyl sites for hydroxylation is 1. The Balaban J connectivity index is 2.10. The van der Waals surface area contributed by atoms with Crippen molar-refractivity contribution < 1.29 is 9.32 Å². The first-order chi connectivity index (χ1) is 9.90. The number of aromatic nitrogens is 1. The van der Waals surface area contributed by atoms with Crippen molar-refractivity contribution in [3.63, 3.8) is 0 Å². The molecule has 2 aromatic rings. The van der Waals surface area contributed by atoms with Gasteiger partial charge in [0.15, 0.2) is 0 Å². The van der Waals surface area contributed by atoms with Crippen LogP contribution in [0, 0.1) is 6.92 Å². The number of hydrogen-bond acceptors (Lipinski definition) is 3. The normalized spacial score (nSPS) is 12.2. The molecule has 112 valence electrons. The molecule has 0 saturated carbocycles. The van der Waals surface area contributed by atoms with E-state index in [9.17, 15) is 4.79 Å². The number of amides is 1. The van der Waals surface area contributed by atoms with Gasteiger partial charge in [0, 0.05) is 17.6 Å². The average Bonchev–Trinajstić information content (AvgIpc) is 2.78. The quantitative estimate of drug-likeness (QED) is 0.851. The van der Waals surface area contributed by atoms with Crippen LogP contribution in [0.5, 0.6) is 0 Å². The summed E-state index contributed by atoms with van der Waals surface area (Å²) in [7, 11) is 1.76. The van der Waals surface area contributed by atoms with Gasteiger partial charge in [0.1, 0.15) is 0 Å². The van der Waals surface area contributed by atoms with Gasteiger partial charge in [0.2, 0.25) is 11.1 Å². The van der Waals surface area contributed by atoms with E-state index in [0.717, 1.165) is 5.56 Å². The fourth-order valence-electron chi connectivity index (χ4n) is 2.02. The zero-order valence-electron chi connectivity index (χ0n) is 12.1. The molecule has 6 heteroatoms. The number of likely N-dealkylation sites (N-methyl/N-ethyl adjacent to an activating group) is 1. The molecule has 1 amide bonds. The maximum atomic E-state index is 12.4. The van der Waals surface area contributed by atoms with E-state index in [1.165, 1.54) is 0 Å². The monoisotopic (exact) mass is 326 g/mol. The van der Waals surface area contributed by atoms with Crippen molar-refractivity contribution >= 4 is 29.1 Å². The van der Waals surface area contributed by atoms with Crippen molar-refractivity contribution in [2.45, 2.75) is 26.3 Å². The Kier molecular flexibility index (Phi) is 4.91. The molecule has 0 aliphatic carbocycles. The highest BCUT2D eigenvalue weighted by Crippen LogP contribution is 2.24. The standard InChI is InChI=1S/C15H16Cl2N2O2/c1-9-13(15(17)21-18-9)8-14(20)19(3)10(2)11-4-6-12(16)7-5-11/h4-7,10H,8H2,1-3H3. The first-order valence-electron chi connectivity index (χ1n) is 6.52. The van der Waals surface area contributed by atoms with Crippen molar-refractivity contribution in [1.82, 2.24) is 10.1 Å². The van der Waals surface area contributed by atoms with E-state index in [2.05, 4.69) is 5.16 Å². The molecule has 1 unspecified atom stereocenters. The van der Waals surface area contributed by atoms with E-state index >= 15 is 0 Å². The molecule has 1 aromatic heterocycles. The topological polar surface area (TPSA) is 46.3 Å². The van der Waals surface area contributed by atoms with E-state index in [1.54, 1.807) is 18.9 Å². The number of benzene rings is 1. The van der Waals surface area contributed by atoms with E-state index in [4.69, 9.17) is 27.7 Å². The van der Waals surface area contributed by atoms with Crippen LogP contribution in [0.1, 0.15) is 29.8 Å². The highest BCUT2D eigenvalue weighted by atomic mass is 35.5. The fraction of sp³-hybridized carbons (Fsp3) is 0.333.